The van der Waals surface area contributed by atoms with Crippen LogP contribution in [0.15, 0.2) is 24.3 Å². The molecule has 0 saturated carbocycles. The molecule has 0 aromatic heterocycles. The summed E-state index contributed by atoms with van der Waals surface area (Å²) in [6.07, 6.45) is 0.576. The summed E-state index contributed by atoms with van der Waals surface area (Å²) in [6, 6.07) is 8.06. The zero-order valence-electron chi connectivity index (χ0n) is 13.4. The van der Waals surface area contributed by atoms with Crippen LogP contribution in [-0.4, -0.2) is 54.4 Å². The number of nitrogens with zero attached hydrogens (tertiary/aromatic N) is 2. The van der Waals surface area contributed by atoms with E-state index in [1.54, 1.807) is 0 Å². The van der Waals surface area contributed by atoms with Crippen LogP contribution in [0.3, 0.4) is 0 Å². The van der Waals surface area contributed by atoms with E-state index < -0.39 is 12.6 Å². The number of rotatable bonds is 4. The summed E-state index contributed by atoms with van der Waals surface area (Å²) in [6.45, 7) is 0. The summed E-state index contributed by atoms with van der Waals surface area (Å²) < 4.78 is 3.91. The van der Waals surface area contributed by atoms with Gasteiger partial charge in [0, 0.05) is 12.1 Å². The molecule has 6 nitrogen and oxygen atoms in total. The van der Waals surface area contributed by atoms with Crippen molar-refractivity contribution in [2.45, 2.75) is 62.4 Å². The quantitative estimate of drug-likeness (QED) is 0.464. The van der Waals surface area contributed by atoms with E-state index in [0.717, 1.165) is 36.8 Å². The summed E-state index contributed by atoms with van der Waals surface area (Å²) in [5, 5.41) is 37.9. The van der Waals surface area contributed by atoms with E-state index in [1.165, 1.54) is 0 Å². The van der Waals surface area contributed by atoms with Gasteiger partial charge in [0.2, 0.25) is 0 Å². The first-order valence-electron chi connectivity index (χ1n) is 8.28. The SMILES string of the molecule is OC(O)C1CCC(c2cccc(C3CCC(C(O)O)N3P)c2)N1P. The van der Waals surface area contributed by atoms with Gasteiger partial charge < -0.3 is 20.4 Å². The first kappa shape index (κ1) is 18.6. The molecule has 3 rings (SSSR count). The summed E-state index contributed by atoms with van der Waals surface area (Å²) in [4.78, 5) is 0. The lowest BCUT2D eigenvalue weighted by Gasteiger charge is -2.29. The van der Waals surface area contributed by atoms with Crippen molar-refractivity contribution in [1.82, 2.24) is 9.34 Å². The van der Waals surface area contributed by atoms with E-state index in [9.17, 15) is 20.4 Å². The number of aliphatic hydroxyl groups excluding tert-OH is 2. The van der Waals surface area contributed by atoms with Crippen LogP contribution in [0.2, 0.25) is 0 Å². The minimum Gasteiger partial charge on any atom is -0.367 e. The zero-order valence-corrected chi connectivity index (χ0v) is 15.7. The maximum Gasteiger partial charge on any atom is 0.167 e. The van der Waals surface area contributed by atoms with Gasteiger partial charge >= 0.3 is 0 Å². The minimum atomic E-state index is -1.33. The molecule has 1 aromatic carbocycles. The van der Waals surface area contributed by atoms with Crippen molar-refractivity contribution in [3.05, 3.63) is 35.4 Å². The van der Waals surface area contributed by atoms with E-state index in [0.29, 0.717) is 0 Å². The van der Waals surface area contributed by atoms with Crippen molar-refractivity contribution in [2.75, 3.05) is 0 Å². The topological polar surface area (TPSA) is 87.4 Å². The second kappa shape index (κ2) is 7.61. The summed E-state index contributed by atoms with van der Waals surface area (Å²) in [7, 11) is 5.25. The third-order valence-corrected chi connectivity index (χ3v) is 6.81. The van der Waals surface area contributed by atoms with Gasteiger partial charge in [0.15, 0.2) is 12.6 Å². The lowest BCUT2D eigenvalue weighted by Crippen LogP contribution is -2.34. The van der Waals surface area contributed by atoms with Crippen molar-refractivity contribution in [3.63, 3.8) is 0 Å². The van der Waals surface area contributed by atoms with Gasteiger partial charge in [-0.15, -0.1) is 0 Å². The Hall–Kier alpha value is -0.160. The molecule has 2 saturated heterocycles. The molecule has 2 fully saturated rings. The van der Waals surface area contributed by atoms with Crippen molar-refractivity contribution in [1.29, 1.82) is 0 Å². The molecule has 2 heterocycles. The highest BCUT2D eigenvalue weighted by Gasteiger charge is 2.37. The van der Waals surface area contributed by atoms with Gasteiger partial charge in [-0.25, -0.2) is 0 Å². The fraction of sp³-hybridized carbons (Fsp3) is 0.625. The average Bonchev–Trinajstić information content (AvgIpc) is 3.10. The highest BCUT2D eigenvalue weighted by molar-refractivity contribution is 7.13. The maximum atomic E-state index is 9.47. The molecule has 8 heteroatoms. The monoisotopic (exact) mass is 372 g/mol. The van der Waals surface area contributed by atoms with Crippen LogP contribution in [0, 0.1) is 0 Å². The van der Waals surface area contributed by atoms with E-state index in [4.69, 9.17) is 0 Å². The van der Waals surface area contributed by atoms with Crippen LogP contribution >= 0.6 is 18.8 Å². The molecule has 0 amide bonds. The van der Waals surface area contributed by atoms with Gasteiger partial charge in [-0.2, -0.15) is 0 Å². The first-order valence-corrected chi connectivity index (χ1v) is 9.31. The molecule has 24 heavy (non-hydrogen) atoms. The van der Waals surface area contributed by atoms with Crippen LogP contribution in [0.5, 0.6) is 0 Å². The predicted octanol–water partition coefficient (Wildman–Crippen LogP) is 0.899. The van der Waals surface area contributed by atoms with Crippen LogP contribution in [0.25, 0.3) is 0 Å². The highest BCUT2D eigenvalue weighted by atomic mass is 31.0. The molecular weight excluding hydrogens is 346 g/mol. The summed E-state index contributed by atoms with van der Waals surface area (Å²) in [5.74, 6) is 0. The Morgan fingerprint density at radius 1 is 0.792 bits per heavy atom. The van der Waals surface area contributed by atoms with Crippen molar-refractivity contribution < 1.29 is 20.4 Å². The maximum absolute atomic E-state index is 9.47. The van der Waals surface area contributed by atoms with E-state index in [1.807, 2.05) is 15.4 Å². The number of hydrogen-bond donors (Lipinski definition) is 4. The Balaban J connectivity index is 1.78. The van der Waals surface area contributed by atoms with Gasteiger partial charge in [0.05, 0.1) is 12.1 Å². The molecule has 134 valence electrons. The second-order valence-corrected chi connectivity index (χ2v) is 7.91. The highest BCUT2D eigenvalue weighted by Crippen LogP contribution is 2.43. The molecule has 1 aromatic rings. The number of hydrogen-bond acceptors (Lipinski definition) is 6. The Bertz CT molecular complexity index is 530. The molecule has 2 aliphatic heterocycles. The van der Waals surface area contributed by atoms with E-state index in [-0.39, 0.29) is 24.2 Å². The standard InChI is InChI=1S/C16H26N2O4P2/c19-15(20)13-6-4-11(17(13)23)9-2-1-3-10(8-9)12-5-7-14(16(21)22)18(12)24/h1-3,8,11-16,19-22H,4-7,23-24H2. The lowest BCUT2D eigenvalue weighted by atomic mass is 9.98. The fourth-order valence-corrected chi connectivity index (χ4v) is 5.22. The van der Waals surface area contributed by atoms with Gasteiger partial charge in [-0.1, -0.05) is 43.0 Å². The molecule has 2 aliphatic rings. The van der Waals surface area contributed by atoms with Crippen LogP contribution < -0.4 is 0 Å². The Kier molecular flexibility index (Phi) is 5.90. The van der Waals surface area contributed by atoms with E-state index in [2.05, 4.69) is 37.0 Å². The molecule has 0 bridgehead atoms. The van der Waals surface area contributed by atoms with E-state index >= 15 is 0 Å². The average molecular weight is 372 g/mol. The third-order valence-electron chi connectivity index (χ3n) is 5.33. The van der Waals surface area contributed by atoms with Crippen LogP contribution in [-0.2, 0) is 0 Å². The Labute approximate surface area is 147 Å². The van der Waals surface area contributed by atoms with Gasteiger partial charge in [-0.05, 0) is 36.8 Å². The Morgan fingerprint density at radius 2 is 1.21 bits per heavy atom. The van der Waals surface area contributed by atoms with Gasteiger partial charge in [-0.3, -0.25) is 9.34 Å². The predicted molar refractivity (Wildman–Crippen MR) is 97.5 cm³/mol. The largest absolute Gasteiger partial charge is 0.367 e. The van der Waals surface area contributed by atoms with Gasteiger partial charge in [0.1, 0.15) is 0 Å². The summed E-state index contributed by atoms with van der Waals surface area (Å²) in [5.41, 5.74) is 2.30. The normalized spacial score (nSPS) is 32.3. The molecule has 6 unspecified atom stereocenters. The summed E-state index contributed by atoms with van der Waals surface area (Å²) >= 11 is 0. The minimum absolute atomic E-state index is 0.139. The molecule has 0 aliphatic carbocycles. The zero-order chi connectivity index (χ0) is 17.4. The molecular formula is C16H26N2O4P2. The number of aliphatic hydroxyl groups is 4. The molecule has 6 atom stereocenters. The van der Waals surface area contributed by atoms with Crippen molar-refractivity contribution in [2.24, 2.45) is 0 Å². The number of benzene rings is 1. The van der Waals surface area contributed by atoms with Crippen LogP contribution in [0.1, 0.15) is 48.9 Å². The van der Waals surface area contributed by atoms with Crippen molar-refractivity contribution >= 4 is 18.8 Å². The molecule has 0 spiro atoms. The second-order valence-electron chi connectivity index (χ2n) is 6.71. The third kappa shape index (κ3) is 3.53. The van der Waals surface area contributed by atoms with Gasteiger partial charge in [0.25, 0.3) is 0 Å². The van der Waals surface area contributed by atoms with Crippen LogP contribution in [0.4, 0.5) is 0 Å². The molecule has 4 N–H and O–H groups in total. The smallest absolute Gasteiger partial charge is 0.167 e. The first-order chi connectivity index (χ1) is 11.4. The van der Waals surface area contributed by atoms with Crippen molar-refractivity contribution in [3.8, 4) is 0 Å². The lowest BCUT2D eigenvalue weighted by molar-refractivity contribution is -0.0785. The fourth-order valence-electron chi connectivity index (χ4n) is 3.97. The molecule has 0 radical (unpaired) electrons. The Morgan fingerprint density at radius 3 is 1.54 bits per heavy atom.